The molecule has 0 saturated heterocycles. The predicted molar refractivity (Wildman–Crippen MR) is 239 cm³/mol. The first-order valence-electron chi connectivity index (χ1n) is 22.0. The third-order valence-electron chi connectivity index (χ3n) is 11.4. The highest BCUT2D eigenvalue weighted by Gasteiger charge is 2.24. The molecular formula is C50H64N2O8P+. The summed E-state index contributed by atoms with van der Waals surface area (Å²) in [4.78, 5) is 19.5. The van der Waals surface area contributed by atoms with Gasteiger partial charge in [0, 0.05) is 37.8 Å². The van der Waals surface area contributed by atoms with Crippen molar-refractivity contribution in [3.05, 3.63) is 155 Å². The molecule has 5 aromatic rings. The maximum Gasteiger partial charge on any atom is 0.524 e. The van der Waals surface area contributed by atoms with Crippen LogP contribution in [0, 0.1) is 0 Å². The van der Waals surface area contributed by atoms with Crippen molar-refractivity contribution < 1.29 is 42.8 Å². The van der Waals surface area contributed by atoms with E-state index in [0.29, 0.717) is 24.2 Å². The molecule has 0 bridgehead atoms. The lowest BCUT2D eigenvalue weighted by atomic mass is 9.86. The van der Waals surface area contributed by atoms with Gasteiger partial charge in [0.25, 0.3) is 0 Å². The second-order valence-electron chi connectivity index (χ2n) is 16.1. The van der Waals surface area contributed by atoms with Gasteiger partial charge in [-0.05, 0) is 123 Å². The van der Waals surface area contributed by atoms with Gasteiger partial charge in [0.1, 0.15) is 5.75 Å². The lowest BCUT2D eigenvalue weighted by Crippen LogP contribution is -2.33. The van der Waals surface area contributed by atoms with Gasteiger partial charge >= 0.3 is 7.82 Å². The van der Waals surface area contributed by atoms with Gasteiger partial charge in [-0.25, -0.2) is 9.13 Å². The average molecular weight is 852 g/mol. The van der Waals surface area contributed by atoms with E-state index in [1.54, 1.807) is 19.2 Å². The van der Waals surface area contributed by atoms with Crippen LogP contribution in [-0.2, 0) is 28.7 Å². The molecule has 1 aliphatic carbocycles. The minimum absolute atomic E-state index is 0.0409. The van der Waals surface area contributed by atoms with E-state index in [2.05, 4.69) is 78.1 Å². The number of nitrogens with one attached hydrogen (secondary N) is 1. The molecule has 326 valence electrons. The van der Waals surface area contributed by atoms with Crippen LogP contribution in [0.25, 0.3) is 0 Å². The van der Waals surface area contributed by atoms with Crippen molar-refractivity contribution in [1.29, 1.82) is 0 Å². The van der Waals surface area contributed by atoms with E-state index < -0.39 is 13.9 Å². The molecule has 1 heterocycles. The summed E-state index contributed by atoms with van der Waals surface area (Å²) in [7, 11) is -3.18. The first kappa shape index (κ1) is 46.0. The molecule has 2 unspecified atom stereocenters. The standard InChI is InChI=1S/C50H63N2O8P/c1-57-48-26-25-42(35-50(48)59-45-21-10-11-22-45)46(41-19-8-5-9-20-41)34-40-27-30-52(31-28-40)38-44-24-23-43(36-49(44)60-61(54,55)56)47(53)37-51-29-13-2-3-14-32-58-33-15-12-18-39-16-6-4-7-17-39/h4-9,16-17,19-20,23-28,30-31,35-36,45-47,51,53H,2-3,10-15,18,21-22,29,32-34,37-38H2,1H3,(H-,54,55,56)/p+1. The van der Waals surface area contributed by atoms with E-state index in [9.17, 15) is 19.5 Å². The molecular weight excluding hydrogens is 788 g/mol. The minimum atomic E-state index is -4.86. The molecule has 0 spiro atoms. The summed E-state index contributed by atoms with van der Waals surface area (Å²) in [5.74, 6) is 1.64. The zero-order chi connectivity index (χ0) is 42.7. The summed E-state index contributed by atoms with van der Waals surface area (Å²) in [5, 5.41) is 14.3. The Bertz CT molecular complexity index is 2070. The predicted octanol–water partition coefficient (Wildman–Crippen LogP) is 9.42. The smallest absolute Gasteiger partial charge is 0.493 e. The van der Waals surface area contributed by atoms with Crippen molar-refractivity contribution in [3.63, 3.8) is 0 Å². The van der Waals surface area contributed by atoms with Gasteiger partial charge < -0.3 is 29.2 Å². The Kier molecular flexibility index (Phi) is 18.2. The van der Waals surface area contributed by atoms with Gasteiger partial charge in [0.2, 0.25) is 0 Å². The molecule has 11 heteroatoms. The summed E-state index contributed by atoms with van der Waals surface area (Å²) in [6, 6.07) is 36.5. The van der Waals surface area contributed by atoms with E-state index >= 15 is 0 Å². The topological polar surface area (TPSA) is 131 Å². The van der Waals surface area contributed by atoms with Crippen molar-refractivity contribution in [2.24, 2.45) is 0 Å². The Hall–Kier alpha value is -4.54. The minimum Gasteiger partial charge on any atom is -0.493 e. The van der Waals surface area contributed by atoms with Gasteiger partial charge in [-0.2, -0.15) is 0 Å². The first-order chi connectivity index (χ1) is 29.7. The van der Waals surface area contributed by atoms with Crippen LogP contribution < -0.4 is 23.9 Å². The molecule has 1 saturated carbocycles. The Morgan fingerprint density at radius 1 is 0.721 bits per heavy atom. The largest absolute Gasteiger partial charge is 0.524 e. The molecule has 10 nitrogen and oxygen atoms in total. The van der Waals surface area contributed by atoms with Crippen LogP contribution in [0.5, 0.6) is 17.2 Å². The zero-order valence-corrected chi connectivity index (χ0v) is 36.5. The molecule has 1 aliphatic rings. The van der Waals surface area contributed by atoms with Crippen LogP contribution in [0.1, 0.15) is 110 Å². The van der Waals surface area contributed by atoms with Crippen molar-refractivity contribution >= 4 is 7.82 Å². The highest BCUT2D eigenvalue weighted by atomic mass is 31.2. The number of hydrogen-bond donors (Lipinski definition) is 4. The summed E-state index contributed by atoms with van der Waals surface area (Å²) in [6.45, 7) is 2.98. The van der Waals surface area contributed by atoms with Crippen LogP contribution >= 0.6 is 7.82 Å². The van der Waals surface area contributed by atoms with E-state index in [1.807, 2.05) is 35.2 Å². The van der Waals surface area contributed by atoms with Crippen LogP contribution in [-0.4, -0.2) is 54.4 Å². The quantitative estimate of drug-likeness (QED) is 0.0244. The molecule has 1 fully saturated rings. The number of benzene rings is 4. The van der Waals surface area contributed by atoms with Gasteiger partial charge in [0.15, 0.2) is 30.4 Å². The van der Waals surface area contributed by atoms with Crippen LogP contribution in [0.3, 0.4) is 0 Å². The molecule has 2 atom stereocenters. The third kappa shape index (κ3) is 15.4. The second-order valence-corrected chi connectivity index (χ2v) is 17.3. The number of aliphatic hydroxyl groups excluding tert-OH is 1. The van der Waals surface area contributed by atoms with Crippen LogP contribution in [0.4, 0.5) is 0 Å². The number of pyridine rings is 1. The van der Waals surface area contributed by atoms with Gasteiger partial charge in [-0.15, -0.1) is 0 Å². The fourth-order valence-electron chi connectivity index (χ4n) is 8.03. The number of phosphoric acid groups is 1. The molecule has 1 aromatic heterocycles. The number of methoxy groups -OCH3 is 1. The fourth-order valence-corrected chi connectivity index (χ4v) is 8.46. The lowest BCUT2D eigenvalue weighted by molar-refractivity contribution is -0.688. The van der Waals surface area contributed by atoms with E-state index in [0.717, 1.165) is 107 Å². The first-order valence-corrected chi connectivity index (χ1v) is 23.5. The van der Waals surface area contributed by atoms with Gasteiger partial charge in [-0.1, -0.05) is 85.6 Å². The summed E-state index contributed by atoms with van der Waals surface area (Å²) in [5.41, 5.74) is 5.95. The van der Waals surface area contributed by atoms with Crippen molar-refractivity contribution in [2.45, 2.75) is 102 Å². The Morgan fingerprint density at radius 3 is 2.11 bits per heavy atom. The number of phosphoric ester groups is 1. The summed E-state index contributed by atoms with van der Waals surface area (Å²) < 4.78 is 37.1. The summed E-state index contributed by atoms with van der Waals surface area (Å²) >= 11 is 0. The number of aromatic nitrogens is 1. The van der Waals surface area contributed by atoms with Gasteiger partial charge in [0.05, 0.1) is 24.9 Å². The zero-order valence-electron chi connectivity index (χ0n) is 35.6. The molecule has 61 heavy (non-hydrogen) atoms. The molecule has 4 N–H and O–H groups in total. The van der Waals surface area contributed by atoms with Crippen LogP contribution in [0.2, 0.25) is 0 Å². The van der Waals surface area contributed by atoms with E-state index in [4.69, 9.17) is 18.7 Å². The molecule has 6 rings (SSSR count). The third-order valence-corrected chi connectivity index (χ3v) is 11.8. The molecule has 0 amide bonds. The number of ether oxygens (including phenoxy) is 3. The second kappa shape index (κ2) is 24.2. The number of nitrogens with zero attached hydrogens (tertiary/aromatic N) is 1. The van der Waals surface area contributed by atoms with Gasteiger partial charge in [-0.3, -0.25) is 9.79 Å². The van der Waals surface area contributed by atoms with E-state index in [1.165, 1.54) is 30.0 Å². The Morgan fingerprint density at radius 2 is 1.39 bits per heavy atom. The number of hydrogen-bond acceptors (Lipinski definition) is 7. The number of aryl methyl sites for hydroxylation is 1. The molecule has 4 aromatic carbocycles. The molecule has 0 aliphatic heterocycles. The highest BCUT2D eigenvalue weighted by Crippen LogP contribution is 2.40. The van der Waals surface area contributed by atoms with Crippen molar-refractivity contribution in [3.8, 4) is 17.2 Å². The average Bonchev–Trinajstić information content (AvgIpc) is 3.79. The summed E-state index contributed by atoms with van der Waals surface area (Å²) in [6.07, 6.45) is 16.0. The van der Waals surface area contributed by atoms with Crippen molar-refractivity contribution in [1.82, 2.24) is 5.32 Å². The Labute approximate surface area is 362 Å². The normalized spacial score (nSPS) is 14.2. The van der Waals surface area contributed by atoms with Crippen LogP contribution in [0.15, 0.2) is 122 Å². The molecule has 0 radical (unpaired) electrons. The van der Waals surface area contributed by atoms with E-state index in [-0.39, 0.29) is 17.8 Å². The van der Waals surface area contributed by atoms with Crippen molar-refractivity contribution in [2.75, 3.05) is 33.4 Å². The number of rotatable bonds is 26. The number of unbranched alkanes of at least 4 members (excludes halogenated alkanes) is 4. The fraction of sp³-hybridized carbons (Fsp3) is 0.420. The lowest BCUT2D eigenvalue weighted by Gasteiger charge is -2.21. The monoisotopic (exact) mass is 851 g/mol. The SMILES string of the molecule is COc1ccc(C(Cc2cc[n+](Cc3ccc(C(O)CNCCCCCCOCCCCc4ccccc4)cc3OP(=O)(O)O)cc2)c2ccccc2)cc1OC1CCCC1. The number of aliphatic hydroxyl groups is 1. The maximum absolute atomic E-state index is 12.0. The Balaban J connectivity index is 0.985. The highest BCUT2D eigenvalue weighted by molar-refractivity contribution is 7.46. The maximum atomic E-state index is 12.0.